The summed E-state index contributed by atoms with van der Waals surface area (Å²) in [5, 5.41) is 0. The molecule has 0 amide bonds. The second kappa shape index (κ2) is 6.59. The van der Waals surface area contributed by atoms with Gasteiger partial charge in [0.05, 0.1) is 0 Å². The van der Waals surface area contributed by atoms with Crippen LogP contribution in [0, 0.1) is 12.3 Å². The van der Waals surface area contributed by atoms with Crippen molar-refractivity contribution in [2.24, 2.45) is 5.41 Å². The van der Waals surface area contributed by atoms with Crippen molar-refractivity contribution in [3.05, 3.63) is 29.1 Å². The first-order chi connectivity index (χ1) is 12.3. The van der Waals surface area contributed by atoms with Gasteiger partial charge in [0.1, 0.15) is 5.69 Å². The molecule has 0 atom stereocenters. The Morgan fingerprint density at radius 1 is 1.23 bits per heavy atom. The summed E-state index contributed by atoms with van der Waals surface area (Å²) in [4.78, 5) is 6.24. The van der Waals surface area contributed by atoms with E-state index < -0.39 is 22.7 Å². The fourth-order valence-electron chi connectivity index (χ4n) is 5.06. The van der Waals surface area contributed by atoms with Crippen molar-refractivity contribution in [3.8, 4) is 0 Å². The van der Waals surface area contributed by atoms with E-state index in [1.807, 2.05) is 0 Å². The van der Waals surface area contributed by atoms with Crippen LogP contribution in [0.1, 0.15) is 54.8 Å². The SMILES string of the molecule is Cc1cc(C(F)(F)F)ncc1C1CCC(N2CCC3(C2)CS(=O)C3)CC1. The highest BCUT2D eigenvalue weighted by Crippen LogP contribution is 2.43. The smallest absolute Gasteiger partial charge is 0.300 e. The molecule has 3 nitrogen and oxygen atoms in total. The zero-order valence-corrected chi connectivity index (χ0v) is 15.8. The van der Waals surface area contributed by atoms with Gasteiger partial charge in [-0.3, -0.25) is 14.1 Å². The molecule has 144 valence electrons. The minimum absolute atomic E-state index is 0.314. The largest absolute Gasteiger partial charge is 0.433 e. The van der Waals surface area contributed by atoms with E-state index in [0.29, 0.717) is 22.9 Å². The minimum Gasteiger partial charge on any atom is -0.300 e. The average Bonchev–Trinajstić information content (AvgIpc) is 2.99. The van der Waals surface area contributed by atoms with E-state index in [0.717, 1.165) is 55.8 Å². The normalized spacial score (nSPS) is 35.6. The fraction of sp³-hybridized carbons (Fsp3) is 0.737. The number of likely N-dealkylation sites (tertiary alicyclic amines) is 1. The van der Waals surface area contributed by atoms with Crippen molar-refractivity contribution >= 4 is 10.8 Å². The molecule has 0 aromatic carbocycles. The topological polar surface area (TPSA) is 33.2 Å². The van der Waals surface area contributed by atoms with Crippen molar-refractivity contribution in [2.45, 2.75) is 57.2 Å². The standard InChI is InChI=1S/C19H25F3N2OS/c1-13-8-17(19(20,21)22)23-9-16(13)14-2-4-15(5-3-14)24-7-6-18(10-24)11-26(25)12-18/h8-9,14-15H,2-7,10-12H2,1H3. The van der Waals surface area contributed by atoms with Crippen molar-refractivity contribution in [1.82, 2.24) is 9.88 Å². The Bertz CT molecular complexity index is 705. The van der Waals surface area contributed by atoms with Crippen LogP contribution in [0.4, 0.5) is 13.2 Å². The Kier molecular flexibility index (Phi) is 4.66. The first kappa shape index (κ1) is 18.4. The number of hydrogen-bond acceptors (Lipinski definition) is 3. The van der Waals surface area contributed by atoms with Gasteiger partial charge >= 0.3 is 6.18 Å². The summed E-state index contributed by atoms with van der Waals surface area (Å²) >= 11 is 0. The zero-order valence-electron chi connectivity index (χ0n) is 15.0. The number of alkyl halides is 3. The van der Waals surface area contributed by atoms with E-state index in [1.54, 1.807) is 6.92 Å². The van der Waals surface area contributed by atoms with Gasteiger partial charge in [-0.1, -0.05) is 0 Å². The van der Waals surface area contributed by atoms with Gasteiger partial charge in [0.15, 0.2) is 0 Å². The molecule has 3 aliphatic rings. The lowest BCUT2D eigenvalue weighted by Gasteiger charge is -2.40. The predicted octanol–water partition coefficient (Wildman–Crippen LogP) is 3.89. The van der Waals surface area contributed by atoms with Crippen molar-refractivity contribution in [2.75, 3.05) is 24.6 Å². The molecule has 2 aliphatic heterocycles. The third kappa shape index (κ3) is 3.44. The number of nitrogens with zero attached hydrogens (tertiary/aromatic N) is 2. The lowest BCUT2D eigenvalue weighted by atomic mass is 9.80. The zero-order chi connectivity index (χ0) is 18.5. The molecule has 0 radical (unpaired) electrons. The lowest BCUT2D eigenvalue weighted by Crippen LogP contribution is -2.48. The van der Waals surface area contributed by atoms with E-state index in [4.69, 9.17) is 0 Å². The highest BCUT2D eigenvalue weighted by atomic mass is 32.2. The van der Waals surface area contributed by atoms with Crippen LogP contribution in [0.25, 0.3) is 0 Å². The van der Waals surface area contributed by atoms with Crippen LogP contribution in [0.15, 0.2) is 12.3 Å². The summed E-state index contributed by atoms with van der Waals surface area (Å²) < 4.78 is 49.9. The molecule has 26 heavy (non-hydrogen) atoms. The maximum atomic E-state index is 12.8. The van der Waals surface area contributed by atoms with Crippen LogP contribution in [0.5, 0.6) is 0 Å². The second-order valence-electron chi connectivity index (χ2n) is 8.38. The molecule has 0 bridgehead atoms. The molecule has 2 saturated heterocycles. The molecule has 4 rings (SSSR count). The predicted molar refractivity (Wildman–Crippen MR) is 95.5 cm³/mol. The van der Waals surface area contributed by atoms with Crippen LogP contribution < -0.4 is 0 Å². The maximum absolute atomic E-state index is 12.8. The number of hydrogen-bond donors (Lipinski definition) is 0. The summed E-state index contributed by atoms with van der Waals surface area (Å²) in [6, 6.07) is 1.75. The van der Waals surface area contributed by atoms with Gasteiger partial charge in [0.2, 0.25) is 0 Å². The quantitative estimate of drug-likeness (QED) is 0.773. The van der Waals surface area contributed by atoms with Gasteiger partial charge < -0.3 is 0 Å². The van der Waals surface area contributed by atoms with Crippen LogP contribution in [0.2, 0.25) is 0 Å². The lowest BCUT2D eigenvalue weighted by molar-refractivity contribution is -0.141. The van der Waals surface area contributed by atoms with Crippen molar-refractivity contribution < 1.29 is 17.4 Å². The van der Waals surface area contributed by atoms with Crippen LogP contribution in [-0.4, -0.2) is 44.7 Å². The molecular weight excluding hydrogens is 361 g/mol. The van der Waals surface area contributed by atoms with Gasteiger partial charge in [-0.25, -0.2) is 0 Å². The summed E-state index contributed by atoms with van der Waals surface area (Å²) in [7, 11) is -0.596. The monoisotopic (exact) mass is 386 g/mol. The number of aromatic nitrogens is 1. The molecule has 1 saturated carbocycles. The van der Waals surface area contributed by atoms with Gasteiger partial charge in [-0.15, -0.1) is 0 Å². The van der Waals surface area contributed by atoms with E-state index in [9.17, 15) is 17.4 Å². The van der Waals surface area contributed by atoms with Crippen LogP contribution >= 0.6 is 0 Å². The number of halogens is 3. The highest BCUT2D eigenvalue weighted by molar-refractivity contribution is 7.86. The maximum Gasteiger partial charge on any atom is 0.433 e. The average molecular weight is 386 g/mol. The highest BCUT2D eigenvalue weighted by Gasteiger charge is 2.48. The summed E-state index contributed by atoms with van der Waals surface area (Å²) in [5.41, 5.74) is 1.19. The molecule has 3 heterocycles. The second-order valence-corrected chi connectivity index (χ2v) is 9.84. The Balaban J connectivity index is 1.36. The van der Waals surface area contributed by atoms with E-state index >= 15 is 0 Å². The molecule has 3 fully saturated rings. The van der Waals surface area contributed by atoms with E-state index in [1.165, 1.54) is 18.7 Å². The Labute approximate surface area is 154 Å². The summed E-state index contributed by atoms with van der Waals surface area (Å²) in [5.74, 6) is 2.05. The van der Waals surface area contributed by atoms with Gasteiger partial charge in [0.25, 0.3) is 0 Å². The van der Waals surface area contributed by atoms with Crippen LogP contribution in [0.3, 0.4) is 0 Å². The molecule has 7 heteroatoms. The summed E-state index contributed by atoms with van der Waals surface area (Å²) in [6.45, 7) is 3.95. The molecule has 1 aliphatic carbocycles. The van der Waals surface area contributed by atoms with E-state index in [2.05, 4.69) is 9.88 Å². The molecule has 1 aromatic heterocycles. The van der Waals surface area contributed by atoms with Gasteiger partial charge in [-0.05, 0) is 68.7 Å². The van der Waals surface area contributed by atoms with Gasteiger partial charge in [0, 0.05) is 46.5 Å². The molecular formula is C19H25F3N2OS. The first-order valence-electron chi connectivity index (χ1n) is 9.39. The first-order valence-corrected chi connectivity index (χ1v) is 10.9. The molecule has 1 spiro atoms. The number of aryl methyl sites for hydroxylation is 1. The fourth-order valence-corrected chi connectivity index (χ4v) is 6.81. The van der Waals surface area contributed by atoms with Crippen molar-refractivity contribution in [3.63, 3.8) is 0 Å². The molecule has 0 N–H and O–H groups in total. The molecule has 1 aromatic rings. The Morgan fingerprint density at radius 2 is 1.92 bits per heavy atom. The minimum atomic E-state index is -4.38. The van der Waals surface area contributed by atoms with Crippen LogP contribution in [-0.2, 0) is 17.0 Å². The number of rotatable bonds is 2. The van der Waals surface area contributed by atoms with E-state index in [-0.39, 0.29) is 0 Å². The van der Waals surface area contributed by atoms with Gasteiger partial charge in [-0.2, -0.15) is 13.2 Å². The Hall–Kier alpha value is -0.950. The van der Waals surface area contributed by atoms with Crippen molar-refractivity contribution in [1.29, 1.82) is 0 Å². The summed E-state index contributed by atoms with van der Waals surface area (Å²) in [6.07, 6.45) is 2.42. The molecule has 0 unspecified atom stereocenters. The third-order valence-corrected chi connectivity index (χ3v) is 8.37. The Morgan fingerprint density at radius 3 is 2.50 bits per heavy atom. The third-order valence-electron chi connectivity index (χ3n) is 6.50. The number of pyridine rings is 1.